The van der Waals surface area contributed by atoms with E-state index in [2.05, 4.69) is 4.90 Å². The van der Waals surface area contributed by atoms with Gasteiger partial charge in [0.05, 0.1) is 24.5 Å². The number of hydrogen-bond acceptors (Lipinski definition) is 5. The van der Waals surface area contributed by atoms with Gasteiger partial charge in [0.25, 0.3) is 0 Å². The van der Waals surface area contributed by atoms with Crippen molar-refractivity contribution in [2.24, 2.45) is 11.3 Å². The number of hydrogen-bond donors (Lipinski definition) is 1. The summed E-state index contributed by atoms with van der Waals surface area (Å²) < 4.78 is 30.6. The average molecular weight is 342 g/mol. The minimum absolute atomic E-state index is 0.202. The Hall–Kier alpha value is -1.38. The number of fused-ring (bicyclic) bond motifs is 1. The number of carboxylic acids is 1. The fourth-order valence-electron chi connectivity index (χ4n) is 3.90. The van der Waals surface area contributed by atoms with Crippen LogP contribution in [0.25, 0.3) is 0 Å². The molecule has 1 N–H and O–H groups in total. The lowest BCUT2D eigenvalue weighted by atomic mass is 9.75. The van der Waals surface area contributed by atoms with Crippen LogP contribution in [0.2, 0.25) is 0 Å². The van der Waals surface area contributed by atoms with E-state index < -0.39 is 21.4 Å². The second-order valence-corrected chi connectivity index (χ2v) is 8.61. The zero-order valence-electron chi connectivity index (χ0n) is 13.1. The molecule has 0 spiro atoms. The van der Waals surface area contributed by atoms with Gasteiger partial charge in [-0.15, -0.1) is 0 Å². The zero-order chi connectivity index (χ0) is 16.7. The normalized spacial score (nSPS) is 30.0. The summed E-state index contributed by atoms with van der Waals surface area (Å²) in [7, 11) is -3.30. The van der Waals surface area contributed by atoms with Gasteiger partial charge in [0.15, 0.2) is 0 Å². The first-order chi connectivity index (χ1) is 10.8. The average Bonchev–Trinajstić information content (AvgIpc) is 3.02. The van der Waals surface area contributed by atoms with E-state index in [0.717, 1.165) is 5.76 Å². The first-order valence-electron chi connectivity index (χ1n) is 7.74. The third kappa shape index (κ3) is 3.15. The van der Waals surface area contributed by atoms with E-state index in [9.17, 15) is 18.3 Å². The molecule has 1 aromatic heterocycles. The van der Waals surface area contributed by atoms with Gasteiger partial charge in [0.2, 0.25) is 10.0 Å². The minimum Gasteiger partial charge on any atom is -0.481 e. The molecular formula is C15H22N2O5S. The van der Waals surface area contributed by atoms with Crippen LogP contribution < -0.4 is 0 Å². The molecular weight excluding hydrogens is 320 g/mol. The number of likely N-dealkylation sites (tertiary alicyclic amines) is 1. The standard InChI is InChI=1S/C15H22N2O5S/c1-23(20,21)17-6-3-5-15(14(18)19)11-16(8-12(15)9-17)10-13-4-2-7-22-13/h2,4,7,12H,3,5-6,8-11H2,1H3,(H,18,19)/t12-,15+/m1/s1. The summed E-state index contributed by atoms with van der Waals surface area (Å²) in [5.74, 6) is -0.228. The minimum atomic E-state index is -3.30. The van der Waals surface area contributed by atoms with Crippen molar-refractivity contribution in [3.05, 3.63) is 24.2 Å². The lowest BCUT2D eigenvalue weighted by Gasteiger charge is -2.29. The fraction of sp³-hybridized carbons (Fsp3) is 0.667. The SMILES string of the molecule is CS(=O)(=O)N1CCC[C@]2(C(=O)O)CN(Cc3ccco3)C[C@@H]2C1. The predicted molar refractivity (Wildman–Crippen MR) is 83.2 cm³/mol. The Labute approximate surface area is 135 Å². The second kappa shape index (κ2) is 5.92. The molecule has 2 aliphatic heterocycles. The highest BCUT2D eigenvalue weighted by atomic mass is 32.2. The smallest absolute Gasteiger partial charge is 0.311 e. The van der Waals surface area contributed by atoms with E-state index in [0.29, 0.717) is 39.0 Å². The summed E-state index contributed by atoms with van der Waals surface area (Å²) in [4.78, 5) is 14.1. The molecule has 8 heteroatoms. The molecule has 0 radical (unpaired) electrons. The molecule has 7 nitrogen and oxygen atoms in total. The summed E-state index contributed by atoms with van der Waals surface area (Å²) in [6.45, 7) is 2.24. The molecule has 0 unspecified atom stereocenters. The van der Waals surface area contributed by atoms with Gasteiger partial charge in [0.1, 0.15) is 5.76 Å². The maximum atomic E-state index is 12.0. The monoisotopic (exact) mass is 342 g/mol. The zero-order valence-corrected chi connectivity index (χ0v) is 14.0. The highest BCUT2D eigenvalue weighted by molar-refractivity contribution is 7.88. The van der Waals surface area contributed by atoms with Crippen LogP contribution in [0.3, 0.4) is 0 Å². The summed E-state index contributed by atoms with van der Waals surface area (Å²) in [5.41, 5.74) is -0.869. The lowest BCUT2D eigenvalue weighted by molar-refractivity contribution is -0.150. The second-order valence-electron chi connectivity index (χ2n) is 6.63. The Balaban J connectivity index is 1.83. The number of nitrogens with zero attached hydrogens (tertiary/aromatic N) is 2. The number of rotatable bonds is 4. The summed E-state index contributed by atoms with van der Waals surface area (Å²) in [5, 5.41) is 9.84. The van der Waals surface area contributed by atoms with Gasteiger partial charge < -0.3 is 9.52 Å². The van der Waals surface area contributed by atoms with Crippen molar-refractivity contribution in [2.45, 2.75) is 19.4 Å². The molecule has 0 bridgehead atoms. The third-order valence-electron chi connectivity index (χ3n) is 5.07. The van der Waals surface area contributed by atoms with Gasteiger partial charge in [-0.05, 0) is 25.0 Å². The number of sulfonamides is 1. The molecule has 2 atom stereocenters. The van der Waals surface area contributed by atoms with Crippen LogP contribution in [-0.4, -0.2) is 61.1 Å². The summed E-state index contributed by atoms with van der Waals surface area (Å²) >= 11 is 0. The maximum absolute atomic E-state index is 12.0. The predicted octanol–water partition coefficient (Wildman–Crippen LogP) is 0.838. The molecule has 2 saturated heterocycles. The van der Waals surface area contributed by atoms with Gasteiger partial charge in [-0.3, -0.25) is 9.69 Å². The van der Waals surface area contributed by atoms with Crippen molar-refractivity contribution in [1.29, 1.82) is 0 Å². The molecule has 2 fully saturated rings. The highest BCUT2D eigenvalue weighted by Gasteiger charge is 2.54. The molecule has 0 saturated carbocycles. The Morgan fingerprint density at radius 3 is 2.87 bits per heavy atom. The Kier molecular flexibility index (Phi) is 4.24. The lowest BCUT2D eigenvalue weighted by Crippen LogP contribution is -2.42. The molecule has 2 aliphatic rings. The molecule has 3 heterocycles. The van der Waals surface area contributed by atoms with Gasteiger partial charge in [-0.1, -0.05) is 0 Å². The van der Waals surface area contributed by atoms with Crippen molar-refractivity contribution < 1.29 is 22.7 Å². The number of aliphatic carboxylic acids is 1. The van der Waals surface area contributed by atoms with Crippen LogP contribution >= 0.6 is 0 Å². The van der Waals surface area contributed by atoms with Crippen LogP contribution in [0, 0.1) is 11.3 Å². The molecule has 23 heavy (non-hydrogen) atoms. The van der Waals surface area contributed by atoms with E-state index in [4.69, 9.17) is 4.42 Å². The largest absolute Gasteiger partial charge is 0.481 e. The molecule has 3 rings (SSSR count). The van der Waals surface area contributed by atoms with Crippen LogP contribution in [0.15, 0.2) is 22.8 Å². The summed E-state index contributed by atoms with van der Waals surface area (Å²) in [6, 6.07) is 3.67. The number of carbonyl (C=O) groups is 1. The van der Waals surface area contributed by atoms with Gasteiger partial charge >= 0.3 is 5.97 Å². The van der Waals surface area contributed by atoms with Crippen LogP contribution in [0.1, 0.15) is 18.6 Å². The van der Waals surface area contributed by atoms with E-state index >= 15 is 0 Å². The van der Waals surface area contributed by atoms with Gasteiger partial charge in [-0.25, -0.2) is 12.7 Å². The van der Waals surface area contributed by atoms with Crippen molar-refractivity contribution in [2.75, 3.05) is 32.4 Å². The summed E-state index contributed by atoms with van der Waals surface area (Å²) in [6.07, 6.45) is 3.87. The Morgan fingerprint density at radius 1 is 1.48 bits per heavy atom. The van der Waals surface area contributed by atoms with Crippen molar-refractivity contribution >= 4 is 16.0 Å². The molecule has 0 aromatic carbocycles. The molecule has 0 amide bonds. The van der Waals surface area contributed by atoms with Crippen molar-refractivity contribution in [3.8, 4) is 0 Å². The topological polar surface area (TPSA) is 91.1 Å². The van der Waals surface area contributed by atoms with Gasteiger partial charge in [-0.2, -0.15) is 0 Å². The maximum Gasteiger partial charge on any atom is 0.311 e. The molecule has 1 aromatic rings. The highest BCUT2D eigenvalue weighted by Crippen LogP contribution is 2.43. The van der Waals surface area contributed by atoms with E-state index in [-0.39, 0.29) is 12.5 Å². The first-order valence-corrected chi connectivity index (χ1v) is 9.59. The van der Waals surface area contributed by atoms with Crippen LogP contribution in [0.5, 0.6) is 0 Å². The van der Waals surface area contributed by atoms with Gasteiger partial charge in [0, 0.05) is 32.1 Å². The Bertz CT molecular complexity index is 672. The van der Waals surface area contributed by atoms with E-state index in [1.165, 1.54) is 10.6 Å². The van der Waals surface area contributed by atoms with Crippen LogP contribution in [0.4, 0.5) is 0 Å². The molecule has 128 valence electrons. The van der Waals surface area contributed by atoms with Crippen molar-refractivity contribution in [3.63, 3.8) is 0 Å². The Morgan fingerprint density at radius 2 is 2.26 bits per heavy atom. The van der Waals surface area contributed by atoms with Crippen LogP contribution in [-0.2, 0) is 21.4 Å². The molecule has 0 aliphatic carbocycles. The third-order valence-corrected chi connectivity index (χ3v) is 6.34. The first kappa shape index (κ1) is 16.5. The fourth-order valence-corrected chi connectivity index (χ4v) is 4.81. The quantitative estimate of drug-likeness (QED) is 0.872. The van der Waals surface area contributed by atoms with E-state index in [1.807, 2.05) is 12.1 Å². The van der Waals surface area contributed by atoms with E-state index in [1.54, 1.807) is 6.26 Å². The number of carboxylic acid groups (broad SMARTS) is 1. The van der Waals surface area contributed by atoms with Crippen molar-refractivity contribution in [1.82, 2.24) is 9.21 Å². The number of furan rings is 1.